The maximum Gasteiger partial charge on any atom is 0.269 e. The number of nitrogens with one attached hydrogen (secondary N) is 1. The summed E-state index contributed by atoms with van der Waals surface area (Å²) in [4.78, 5) is 22.4. The van der Waals surface area contributed by atoms with Crippen molar-refractivity contribution in [2.24, 2.45) is 0 Å². The Morgan fingerprint density at radius 1 is 1.14 bits per heavy atom. The fraction of sp³-hybridized carbons (Fsp3) is 0.316. The molecule has 1 aliphatic carbocycles. The zero-order chi connectivity index (χ0) is 20.1. The van der Waals surface area contributed by atoms with Crippen LogP contribution in [0.4, 0.5) is 11.4 Å². The van der Waals surface area contributed by atoms with Crippen LogP contribution in [-0.2, 0) is 14.6 Å². The SMILES string of the molecule is O=C(COc1ccc([N+](=O)[O-])cc1)Nc1cccc(S(=O)(=O)C2CCCC2)c1. The van der Waals surface area contributed by atoms with Gasteiger partial charge in [-0.15, -0.1) is 0 Å². The number of non-ortho nitro benzene ring substituents is 1. The number of nitro groups is 1. The Kier molecular flexibility index (Phi) is 5.93. The van der Waals surface area contributed by atoms with Crippen LogP contribution in [0, 0.1) is 10.1 Å². The van der Waals surface area contributed by atoms with Crippen molar-refractivity contribution in [2.45, 2.75) is 35.8 Å². The summed E-state index contributed by atoms with van der Waals surface area (Å²) in [5, 5.41) is 12.9. The molecule has 9 heteroatoms. The highest BCUT2D eigenvalue weighted by molar-refractivity contribution is 7.92. The van der Waals surface area contributed by atoms with E-state index < -0.39 is 20.7 Å². The molecule has 0 bridgehead atoms. The second kappa shape index (κ2) is 8.39. The summed E-state index contributed by atoms with van der Waals surface area (Å²) in [5.74, 6) is -0.146. The van der Waals surface area contributed by atoms with Gasteiger partial charge in [-0.05, 0) is 43.2 Å². The second-order valence-electron chi connectivity index (χ2n) is 6.57. The average molecular weight is 404 g/mol. The van der Waals surface area contributed by atoms with Crippen LogP contribution in [0.3, 0.4) is 0 Å². The van der Waals surface area contributed by atoms with Crippen LogP contribution >= 0.6 is 0 Å². The summed E-state index contributed by atoms with van der Waals surface area (Å²) in [6.45, 7) is -0.308. The van der Waals surface area contributed by atoms with Gasteiger partial charge in [0.1, 0.15) is 5.75 Å². The van der Waals surface area contributed by atoms with Gasteiger partial charge in [-0.3, -0.25) is 14.9 Å². The van der Waals surface area contributed by atoms with E-state index in [1.807, 2.05) is 0 Å². The zero-order valence-electron chi connectivity index (χ0n) is 15.0. The molecule has 0 saturated heterocycles. The number of carbonyl (C=O) groups is 1. The lowest BCUT2D eigenvalue weighted by atomic mass is 10.3. The Bertz CT molecular complexity index is 966. The number of nitrogens with zero attached hydrogens (tertiary/aromatic N) is 1. The molecule has 1 saturated carbocycles. The summed E-state index contributed by atoms with van der Waals surface area (Å²) < 4.78 is 30.6. The first-order valence-electron chi connectivity index (χ1n) is 8.87. The quantitative estimate of drug-likeness (QED) is 0.559. The van der Waals surface area contributed by atoms with E-state index in [2.05, 4.69) is 5.32 Å². The first-order valence-corrected chi connectivity index (χ1v) is 10.4. The number of benzene rings is 2. The van der Waals surface area contributed by atoms with Gasteiger partial charge in [-0.1, -0.05) is 18.9 Å². The van der Waals surface area contributed by atoms with E-state index in [1.54, 1.807) is 12.1 Å². The van der Waals surface area contributed by atoms with Gasteiger partial charge in [0.15, 0.2) is 16.4 Å². The molecular weight excluding hydrogens is 384 g/mol. The fourth-order valence-electron chi connectivity index (χ4n) is 3.15. The normalized spacial score (nSPS) is 14.6. The van der Waals surface area contributed by atoms with Gasteiger partial charge in [-0.25, -0.2) is 8.42 Å². The summed E-state index contributed by atoms with van der Waals surface area (Å²) in [7, 11) is -3.40. The molecule has 0 aromatic heterocycles. The molecule has 0 aliphatic heterocycles. The molecule has 1 fully saturated rings. The molecule has 8 nitrogen and oxygen atoms in total. The van der Waals surface area contributed by atoms with Crippen LogP contribution in [-0.4, -0.2) is 31.1 Å². The van der Waals surface area contributed by atoms with Gasteiger partial charge in [0.05, 0.1) is 15.1 Å². The largest absolute Gasteiger partial charge is 0.484 e. The lowest BCUT2D eigenvalue weighted by molar-refractivity contribution is -0.384. The van der Waals surface area contributed by atoms with Crippen molar-refractivity contribution in [1.29, 1.82) is 0 Å². The molecule has 0 spiro atoms. The Balaban J connectivity index is 1.60. The highest BCUT2D eigenvalue weighted by atomic mass is 32.2. The first-order chi connectivity index (χ1) is 13.4. The van der Waals surface area contributed by atoms with Crippen LogP contribution in [0.1, 0.15) is 25.7 Å². The van der Waals surface area contributed by atoms with Gasteiger partial charge in [0, 0.05) is 17.8 Å². The third-order valence-corrected chi connectivity index (χ3v) is 6.86. The molecule has 28 heavy (non-hydrogen) atoms. The van der Waals surface area contributed by atoms with Crippen molar-refractivity contribution in [3.63, 3.8) is 0 Å². The van der Waals surface area contributed by atoms with E-state index in [9.17, 15) is 23.3 Å². The van der Waals surface area contributed by atoms with Gasteiger partial charge >= 0.3 is 0 Å². The number of amides is 1. The minimum Gasteiger partial charge on any atom is -0.484 e. The molecule has 148 valence electrons. The van der Waals surface area contributed by atoms with Crippen molar-refractivity contribution in [1.82, 2.24) is 0 Å². The molecule has 2 aromatic carbocycles. The van der Waals surface area contributed by atoms with Crippen molar-refractivity contribution < 1.29 is 22.9 Å². The smallest absolute Gasteiger partial charge is 0.269 e. The zero-order valence-corrected chi connectivity index (χ0v) is 15.9. The number of hydrogen-bond acceptors (Lipinski definition) is 6. The summed E-state index contributed by atoms with van der Waals surface area (Å²) in [6, 6.07) is 11.6. The molecule has 1 amide bonds. The van der Waals surface area contributed by atoms with Crippen LogP contribution in [0.25, 0.3) is 0 Å². The Labute approximate surface area is 162 Å². The third-order valence-electron chi connectivity index (χ3n) is 4.60. The van der Waals surface area contributed by atoms with Crippen molar-refractivity contribution in [3.8, 4) is 5.75 Å². The van der Waals surface area contributed by atoms with Gasteiger partial charge < -0.3 is 10.1 Å². The van der Waals surface area contributed by atoms with E-state index in [4.69, 9.17) is 4.74 Å². The standard InChI is InChI=1S/C19H20N2O6S/c22-19(13-27-16-10-8-15(9-11-16)21(23)24)20-14-4-3-7-18(12-14)28(25,26)17-5-1-2-6-17/h3-4,7-12,17H,1-2,5-6,13H2,(H,20,22). The Hall–Kier alpha value is -2.94. The average Bonchev–Trinajstić information content (AvgIpc) is 3.22. The molecular formula is C19H20N2O6S. The van der Waals surface area contributed by atoms with Crippen molar-refractivity contribution >= 4 is 27.1 Å². The number of carbonyl (C=O) groups excluding carboxylic acids is 1. The van der Waals surface area contributed by atoms with Crippen LogP contribution in [0.2, 0.25) is 0 Å². The van der Waals surface area contributed by atoms with Crippen molar-refractivity contribution in [2.75, 3.05) is 11.9 Å². The number of anilines is 1. The topological polar surface area (TPSA) is 116 Å². The fourth-order valence-corrected chi connectivity index (χ4v) is 5.05. The van der Waals surface area contributed by atoms with E-state index in [1.165, 1.54) is 36.4 Å². The molecule has 3 rings (SSSR count). The molecule has 0 atom stereocenters. The molecule has 0 unspecified atom stereocenters. The molecule has 0 heterocycles. The van der Waals surface area contributed by atoms with E-state index in [0.717, 1.165) is 12.8 Å². The predicted molar refractivity (Wildman–Crippen MR) is 103 cm³/mol. The summed E-state index contributed by atoms with van der Waals surface area (Å²) in [6.07, 6.45) is 3.17. The maximum atomic E-state index is 12.7. The lowest BCUT2D eigenvalue weighted by Crippen LogP contribution is -2.21. The maximum absolute atomic E-state index is 12.7. The Morgan fingerprint density at radius 3 is 2.46 bits per heavy atom. The third kappa shape index (κ3) is 4.66. The predicted octanol–water partition coefficient (Wildman–Crippen LogP) is 3.33. The van der Waals surface area contributed by atoms with Crippen molar-refractivity contribution in [3.05, 3.63) is 58.6 Å². The van der Waals surface area contributed by atoms with E-state index in [0.29, 0.717) is 24.3 Å². The second-order valence-corrected chi connectivity index (χ2v) is 8.80. The highest BCUT2D eigenvalue weighted by Gasteiger charge is 2.30. The number of nitro benzene ring substituents is 1. The molecule has 0 radical (unpaired) electrons. The number of ether oxygens (including phenoxy) is 1. The summed E-state index contributed by atoms with van der Waals surface area (Å²) in [5.41, 5.74) is 0.299. The number of sulfone groups is 1. The first kappa shape index (κ1) is 19.8. The van der Waals surface area contributed by atoms with Gasteiger partial charge in [0.2, 0.25) is 0 Å². The lowest BCUT2D eigenvalue weighted by Gasteiger charge is -2.13. The highest BCUT2D eigenvalue weighted by Crippen LogP contribution is 2.30. The summed E-state index contributed by atoms with van der Waals surface area (Å²) >= 11 is 0. The number of rotatable bonds is 7. The molecule has 1 aliphatic rings. The monoisotopic (exact) mass is 404 g/mol. The van der Waals surface area contributed by atoms with E-state index in [-0.39, 0.29) is 22.4 Å². The minimum absolute atomic E-state index is 0.0721. The van der Waals surface area contributed by atoms with Crippen LogP contribution < -0.4 is 10.1 Å². The van der Waals surface area contributed by atoms with Gasteiger partial charge in [-0.2, -0.15) is 0 Å². The van der Waals surface area contributed by atoms with E-state index >= 15 is 0 Å². The molecule has 2 aromatic rings. The number of hydrogen-bond donors (Lipinski definition) is 1. The van der Waals surface area contributed by atoms with Crippen LogP contribution in [0.15, 0.2) is 53.4 Å². The van der Waals surface area contributed by atoms with Crippen LogP contribution in [0.5, 0.6) is 5.75 Å². The minimum atomic E-state index is -3.40. The molecule has 1 N–H and O–H groups in total. The Morgan fingerprint density at radius 2 is 1.82 bits per heavy atom. The van der Waals surface area contributed by atoms with Gasteiger partial charge in [0.25, 0.3) is 11.6 Å².